The average molecular weight is 304 g/mol. The Labute approximate surface area is 123 Å². The van der Waals surface area contributed by atoms with Gasteiger partial charge in [-0.05, 0) is 24.3 Å². The summed E-state index contributed by atoms with van der Waals surface area (Å²) in [6.07, 6.45) is 2.33. The first-order valence-corrected chi connectivity index (χ1v) is 8.20. The Morgan fingerprint density at radius 3 is 3.05 bits per heavy atom. The van der Waals surface area contributed by atoms with Gasteiger partial charge in [0.25, 0.3) is 0 Å². The topological polar surface area (TPSA) is 63.8 Å². The van der Waals surface area contributed by atoms with E-state index in [1.165, 1.54) is 4.88 Å². The van der Waals surface area contributed by atoms with E-state index in [9.17, 15) is 0 Å². The first kappa shape index (κ1) is 12.0. The van der Waals surface area contributed by atoms with Gasteiger partial charge in [-0.3, -0.25) is 0 Å². The van der Waals surface area contributed by atoms with E-state index < -0.39 is 0 Å². The summed E-state index contributed by atoms with van der Waals surface area (Å²) in [6, 6.07) is 4.61. The average Bonchev–Trinajstić information content (AvgIpc) is 2.93. The fourth-order valence-corrected chi connectivity index (χ4v) is 3.50. The number of rotatable bonds is 5. The molecule has 4 rings (SSSR count). The maximum absolute atomic E-state index is 5.55. The molecule has 1 fully saturated rings. The molecule has 5 nitrogen and oxygen atoms in total. The maximum atomic E-state index is 5.55. The first-order chi connectivity index (χ1) is 9.88. The van der Waals surface area contributed by atoms with Crippen molar-refractivity contribution in [2.45, 2.75) is 25.3 Å². The van der Waals surface area contributed by atoms with Gasteiger partial charge in [-0.2, -0.15) is 0 Å². The van der Waals surface area contributed by atoms with Gasteiger partial charge in [0, 0.05) is 11.3 Å². The number of hydrogen-bond acceptors (Lipinski definition) is 7. The van der Waals surface area contributed by atoms with E-state index in [1.54, 1.807) is 22.7 Å². The molecule has 0 aromatic carbocycles. The number of anilines is 1. The Morgan fingerprint density at radius 2 is 2.25 bits per heavy atom. The third kappa shape index (κ3) is 2.46. The third-order valence-corrected chi connectivity index (χ3v) is 5.00. The lowest BCUT2D eigenvalue weighted by molar-refractivity contribution is 0.507. The molecule has 3 heterocycles. The van der Waals surface area contributed by atoms with Crippen LogP contribution < -0.4 is 5.32 Å². The number of nitrogens with zero attached hydrogens (tertiary/aromatic N) is 3. The Balaban J connectivity index is 1.41. The third-order valence-electron chi connectivity index (χ3n) is 3.07. The lowest BCUT2D eigenvalue weighted by atomic mass is 10.4. The van der Waals surface area contributed by atoms with Gasteiger partial charge >= 0.3 is 6.01 Å². The zero-order chi connectivity index (χ0) is 13.4. The van der Waals surface area contributed by atoms with Gasteiger partial charge in [0.05, 0.1) is 17.1 Å². The number of nitrogens with one attached hydrogen (secondary N) is 1. The van der Waals surface area contributed by atoms with Crippen LogP contribution in [0.5, 0.6) is 0 Å². The van der Waals surface area contributed by atoms with Crippen molar-refractivity contribution in [3.8, 4) is 9.88 Å². The molecule has 20 heavy (non-hydrogen) atoms. The summed E-state index contributed by atoms with van der Waals surface area (Å²) in [5.41, 5.74) is 0.990. The standard InChI is InChI=1S/C13H12N4OS2/c1-2-10(19-5-1)12-15-9(7-20-12)6-14-13-17-16-11(18-13)8-3-4-8/h1-2,5,7-8H,3-4,6H2,(H,14,17). The van der Waals surface area contributed by atoms with Crippen LogP contribution in [-0.2, 0) is 6.54 Å². The molecular formula is C13H12N4OS2. The van der Waals surface area contributed by atoms with E-state index in [-0.39, 0.29) is 0 Å². The SMILES string of the molecule is c1csc(-c2nc(CNc3nnc(C4CC4)o3)cs2)c1. The molecule has 0 radical (unpaired) electrons. The second-order valence-electron chi connectivity index (χ2n) is 4.69. The van der Waals surface area contributed by atoms with Crippen LogP contribution in [0.15, 0.2) is 27.3 Å². The number of hydrogen-bond donors (Lipinski definition) is 1. The van der Waals surface area contributed by atoms with Crippen LogP contribution in [0.1, 0.15) is 30.3 Å². The molecule has 1 aliphatic carbocycles. The maximum Gasteiger partial charge on any atom is 0.315 e. The van der Waals surface area contributed by atoms with Crippen molar-refractivity contribution in [2.24, 2.45) is 0 Å². The Hall–Kier alpha value is -1.73. The minimum atomic E-state index is 0.484. The highest BCUT2D eigenvalue weighted by Gasteiger charge is 2.29. The molecule has 0 unspecified atom stereocenters. The Kier molecular flexibility index (Phi) is 3.00. The van der Waals surface area contributed by atoms with Crippen molar-refractivity contribution in [1.29, 1.82) is 0 Å². The molecule has 0 saturated heterocycles. The van der Waals surface area contributed by atoms with E-state index in [0.717, 1.165) is 29.4 Å². The van der Waals surface area contributed by atoms with Gasteiger partial charge < -0.3 is 9.73 Å². The molecule has 0 atom stereocenters. The zero-order valence-electron chi connectivity index (χ0n) is 10.6. The quantitative estimate of drug-likeness (QED) is 0.778. The summed E-state index contributed by atoms with van der Waals surface area (Å²) in [5, 5.41) is 16.3. The summed E-state index contributed by atoms with van der Waals surface area (Å²) in [5.74, 6) is 1.24. The van der Waals surface area contributed by atoms with Crippen molar-refractivity contribution < 1.29 is 4.42 Å². The van der Waals surface area contributed by atoms with Crippen LogP contribution in [0.2, 0.25) is 0 Å². The molecule has 7 heteroatoms. The summed E-state index contributed by atoms with van der Waals surface area (Å²) >= 11 is 3.36. The van der Waals surface area contributed by atoms with Crippen LogP contribution in [0.4, 0.5) is 6.01 Å². The highest BCUT2D eigenvalue weighted by atomic mass is 32.1. The van der Waals surface area contributed by atoms with E-state index in [0.29, 0.717) is 18.5 Å². The molecule has 1 saturated carbocycles. The molecule has 102 valence electrons. The molecule has 1 aliphatic rings. The molecule has 3 aromatic heterocycles. The van der Waals surface area contributed by atoms with Gasteiger partial charge in [0.15, 0.2) is 0 Å². The van der Waals surface area contributed by atoms with Crippen LogP contribution in [0, 0.1) is 0 Å². The Morgan fingerprint density at radius 1 is 1.30 bits per heavy atom. The smallest absolute Gasteiger partial charge is 0.315 e. The monoisotopic (exact) mass is 304 g/mol. The van der Waals surface area contributed by atoms with Crippen LogP contribution >= 0.6 is 22.7 Å². The Bertz CT molecular complexity index is 700. The van der Waals surface area contributed by atoms with Gasteiger partial charge in [0.1, 0.15) is 5.01 Å². The van der Waals surface area contributed by atoms with E-state index >= 15 is 0 Å². The minimum Gasteiger partial charge on any atom is -0.408 e. The minimum absolute atomic E-state index is 0.484. The second kappa shape index (κ2) is 4.99. The number of thiazole rings is 1. The van der Waals surface area contributed by atoms with Gasteiger partial charge in [-0.1, -0.05) is 11.2 Å². The highest BCUT2D eigenvalue weighted by molar-refractivity contribution is 7.20. The second-order valence-corrected chi connectivity index (χ2v) is 6.50. The largest absolute Gasteiger partial charge is 0.408 e. The molecule has 0 bridgehead atoms. The fraction of sp³-hybridized carbons (Fsp3) is 0.308. The van der Waals surface area contributed by atoms with Crippen molar-refractivity contribution in [3.63, 3.8) is 0 Å². The lowest BCUT2D eigenvalue weighted by Gasteiger charge is -1.96. The number of thiophene rings is 1. The zero-order valence-corrected chi connectivity index (χ0v) is 12.2. The predicted octanol–water partition coefficient (Wildman–Crippen LogP) is 3.74. The lowest BCUT2D eigenvalue weighted by Crippen LogP contribution is -1.99. The highest BCUT2D eigenvalue weighted by Crippen LogP contribution is 2.39. The van der Waals surface area contributed by atoms with Crippen molar-refractivity contribution in [3.05, 3.63) is 34.5 Å². The summed E-state index contributed by atoms with van der Waals surface area (Å²) < 4.78 is 5.55. The normalized spacial score (nSPS) is 14.6. The van der Waals surface area contributed by atoms with Gasteiger partial charge in [-0.25, -0.2) is 4.98 Å². The summed E-state index contributed by atoms with van der Waals surface area (Å²) in [4.78, 5) is 5.80. The summed E-state index contributed by atoms with van der Waals surface area (Å²) in [7, 11) is 0. The molecule has 1 N–H and O–H groups in total. The molecule has 0 amide bonds. The molecule has 3 aromatic rings. The predicted molar refractivity (Wildman–Crippen MR) is 79.0 cm³/mol. The van der Waals surface area contributed by atoms with Crippen LogP contribution in [0.25, 0.3) is 9.88 Å². The van der Waals surface area contributed by atoms with Crippen LogP contribution in [-0.4, -0.2) is 15.2 Å². The summed E-state index contributed by atoms with van der Waals surface area (Å²) in [6.45, 7) is 0.605. The van der Waals surface area contributed by atoms with Crippen LogP contribution in [0.3, 0.4) is 0 Å². The molecule has 0 spiro atoms. The molecule has 0 aliphatic heterocycles. The van der Waals surface area contributed by atoms with Crippen molar-refractivity contribution in [2.75, 3.05) is 5.32 Å². The van der Waals surface area contributed by atoms with Gasteiger partial charge in [-0.15, -0.1) is 27.8 Å². The molecular weight excluding hydrogens is 292 g/mol. The van der Waals surface area contributed by atoms with E-state index in [2.05, 4.69) is 37.3 Å². The first-order valence-electron chi connectivity index (χ1n) is 6.44. The van der Waals surface area contributed by atoms with Crippen molar-refractivity contribution in [1.82, 2.24) is 15.2 Å². The van der Waals surface area contributed by atoms with E-state index in [1.807, 2.05) is 6.07 Å². The van der Waals surface area contributed by atoms with E-state index in [4.69, 9.17) is 4.42 Å². The van der Waals surface area contributed by atoms with Crippen molar-refractivity contribution >= 4 is 28.7 Å². The number of aromatic nitrogens is 3. The fourth-order valence-electron chi connectivity index (χ4n) is 1.87. The van der Waals surface area contributed by atoms with Gasteiger partial charge in [0.2, 0.25) is 5.89 Å².